The first-order chi connectivity index (χ1) is 3.72. The minimum atomic E-state index is 0.194. The minimum absolute atomic E-state index is 0.194. The molecule has 0 aromatic rings. The van der Waals surface area contributed by atoms with Gasteiger partial charge in [-0.25, -0.2) is 0 Å². The van der Waals surface area contributed by atoms with Gasteiger partial charge < -0.3 is 11.5 Å². The molecule has 0 bridgehead atoms. The van der Waals surface area contributed by atoms with Gasteiger partial charge in [-0.3, -0.25) is 0 Å². The molecule has 4 N–H and O–H groups in total. The monoisotopic (exact) mass is 116 g/mol. The van der Waals surface area contributed by atoms with Gasteiger partial charge in [-0.2, -0.15) is 0 Å². The highest BCUT2D eigenvalue weighted by Crippen LogP contribution is 2.02. The van der Waals surface area contributed by atoms with Crippen molar-refractivity contribution in [3.05, 3.63) is 0 Å². The topological polar surface area (TPSA) is 52.0 Å². The molecule has 0 fully saturated rings. The van der Waals surface area contributed by atoms with Gasteiger partial charge in [0.15, 0.2) is 0 Å². The fourth-order valence-electron chi connectivity index (χ4n) is 0.535. The summed E-state index contributed by atoms with van der Waals surface area (Å²) in [6.07, 6.45) is 1.12. The van der Waals surface area contributed by atoms with Gasteiger partial charge in [-0.05, 0) is 5.92 Å². The normalized spacial score (nSPS) is 18.0. The largest absolute Gasteiger partial charge is 0.329 e. The molecule has 0 spiro atoms. The molecule has 0 aromatic heterocycles. The Kier molecular flexibility index (Phi) is 3.83. The molecule has 0 radical (unpaired) electrons. The van der Waals surface area contributed by atoms with Crippen molar-refractivity contribution < 1.29 is 0 Å². The standard InChI is InChI=1S/C6H16N2/c1-3-5(2)6(8)4-7/h5-6H,3-4,7-8H2,1-2H3/t5-,6-/m1/s1. The maximum absolute atomic E-state index is 5.60. The molecular weight excluding hydrogens is 100 g/mol. The Labute approximate surface area is 51.2 Å². The molecule has 0 saturated heterocycles. The lowest BCUT2D eigenvalue weighted by atomic mass is 10.0. The number of nitrogens with two attached hydrogens (primary N) is 2. The second-order valence-corrected chi connectivity index (χ2v) is 2.29. The maximum atomic E-state index is 5.60. The van der Waals surface area contributed by atoms with Crippen LogP contribution in [0.3, 0.4) is 0 Å². The van der Waals surface area contributed by atoms with Crippen molar-refractivity contribution in [3.8, 4) is 0 Å². The van der Waals surface area contributed by atoms with Gasteiger partial charge >= 0.3 is 0 Å². The molecule has 0 heterocycles. The van der Waals surface area contributed by atoms with E-state index in [1.807, 2.05) is 0 Å². The first-order valence-corrected chi connectivity index (χ1v) is 3.18. The Morgan fingerprint density at radius 3 is 2.12 bits per heavy atom. The molecule has 2 nitrogen and oxygen atoms in total. The zero-order valence-electron chi connectivity index (χ0n) is 5.72. The predicted molar refractivity (Wildman–Crippen MR) is 36.5 cm³/mol. The number of hydrogen-bond donors (Lipinski definition) is 2. The van der Waals surface area contributed by atoms with Crippen LogP contribution >= 0.6 is 0 Å². The smallest absolute Gasteiger partial charge is 0.0188 e. The fraction of sp³-hybridized carbons (Fsp3) is 1.00. The molecule has 50 valence electrons. The Hall–Kier alpha value is -0.0800. The number of rotatable bonds is 3. The van der Waals surface area contributed by atoms with Crippen LogP contribution in [0.5, 0.6) is 0 Å². The van der Waals surface area contributed by atoms with Crippen LogP contribution in [-0.4, -0.2) is 12.6 Å². The molecule has 2 heteroatoms. The average molecular weight is 116 g/mol. The summed E-state index contributed by atoms with van der Waals surface area (Å²) >= 11 is 0. The third-order valence-corrected chi connectivity index (χ3v) is 1.65. The summed E-state index contributed by atoms with van der Waals surface area (Å²) < 4.78 is 0. The third kappa shape index (κ3) is 2.28. The van der Waals surface area contributed by atoms with Gasteiger partial charge in [0.2, 0.25) is 0 Å². The molecule has 0 aromatic carbocycles. The van der Waals surface area contributed by atoms with Gasteiger partial charge in [0.1, 0.15) is 0 Å². The van der Waals surface area contributed by atoms with Crippen LogP contribution in [0.1, 0.15) is 20.3 Å². The highest BCUT2D eigenvalue weighted by molar-refractivity contribution is 4.67. The zero-order valence-corrected chi connectivity index (χ0v) is 5.72. The van der Waals surface area contributed by atoms with Gasteiger partial charge in [0, 0.05) is 12.6 Å². The summed E-state index contributed by atoms with van der Waals surface area (Å²) in [5, 5.41) is 0. The average Bonchev–Trinajstić information content (AvgIpc) is 1.84. The van der Waals surface area contributed by atoms with E-state index in [1.165, 1.54) is 0 Å². The molecule has 0 aliphatic rings. The summed E-state index contributed by atoms with van der Waals surface area (Å²) in [5.74, 6) is 0.569. The zero-order chi connectivity index (χ0) is 6.57. The number of hydrogen-bond acceptors (Lipinski definition) is 2. The fourth-order valence-corrected chi connectivity index (χ4v) is 0.535. The van der Waals surface area contributed by atoms with Crippen molar-refractivity contribution in [3.63, 3.8) is 0 Å². The molecule has 0 aliphatic carbocycles. The van der Waals surface area contributed by atoms with E-state index >= 15 is 0 Å². The lowest BCUT2D eigenvalue weighted by molar-refractivity contribution is 0.449. The Morgan fingerprint density at radius 2 is 2.00 bits per heavy atom. The van der Waals surface area contributed by atoms with Gasteiger partial charge in [-0.1, -0.05) is 20.3 Å². The van der Waals surface area contributed by atoms with E-state index in [4.69, 9.17) is 11.5 Å². The van der Waals surface area contributed by atoms with Crippen molar-refractivity contribution in [2.45, 2.75) is 26.3 Å². The van der Waals surface area contributed by atoms with Crippen molar-refractivity contribution in [2.75, 3.05) is 6.54 Å². The van der Waals surface area contributed by atoms with Crippen LogP contribution in [-0.2, 0) is 0 Å². The quantitative estimate of drug-likeness (QED) is 0.558. The summed E-state index contributed by atoms with van der Waals surface area (Å²) in [5.41, 5.74) is 10.9. The summed E-state index contributed by atoms with van der Waals surface area (Å²) in [7, 11) is 0. The van der Waals surface area contributed by atoms with E-state index in [0.29, 0.717) is 12.5 Å². The first kappa shape index (κ1) is 7.92. The van der Waals surface area contributed by atoms with Crippen molar-refractivity contribution in [2.24, 2.45) is 17.4 Å². The van der Waals surface area contributed by atoms with Gasteiger partial charge in [0.25, 0.3) is 0 Å². The molecular formula is C6H16N2. The highest BCUT2D eigenvalue weighted by atomic mass is 14.7. The van der Waals surface area contributed by atoms with Crippen molar-refractivity contribution in [1.82, 2.24) is 0 Å². The van der Waals surface area contributed by atoms with Crippen LogP contribution in [0.15, 0.2) is 0 Å². The molecule has 0 saturated carbocycles. The van der Waals surface area contributed by atoms with E-state index < -0.39 is 0 Å². The first-order valence-electron chi connectivity index (χ1n) is 3.18. The van der Waals surface area contributed by atoms with Crippen LogP contribution in [0, 0.1) is 5.92 Å². The van der Waals surface area contributed by atoms with Crippen LogP contribution < -0.4 is 11.5 Å². The van der Waals surface area contributed by atoms with E-state index in [1.54, 1.807) is 0 Å². The Bertz CT molecular complexity index is 46.5. The lowest BCUT2D eigenvalue weighted by Crippen LogP contribution is -2.35. The Balaban J connectivity index is 3.29. The van der Waals surface area contributed by atoms with Gasteiger partial charge in [0.05, 0.1) is 0 Å². The highest BCUT2D eigenvalue weighted by Gasteiger charge is 2.06. The molecule has 0 unspecified atom stereocenters. The second-order valence-electron chi connectivity index (χ2n) is 2.29. The van der Waals surface area contributed by atoms with E-state index in [9.17, 15) is 0 Å². The maximum Gasteiger partial charge on any atom is 0.0188 e. The van der Waals surface area contributed by atoms with Crippen LogP contribution in [0.4, 0.5) is 0 Å². The summed E-state index contributed by atoms with van der Waals surface area (Å²) in [4.78, 5) is 0. The predicted octanol–water partition coefficient (Wildman–Crippen LogP) is 0.319. The second kappa shape index (κ2) is 3.87. The Morgan fingerprint density at radius 1 is 1.50 bits per heavy atom. The van der Waals surface area contributed by atoms with Crippen LogP contribution in [0.25, 0.3) is 0 Å². The molecule has 8 heavy (non-hydrogen) atoms. The third-order valence-electron chi connectivity index (χ3n) is 1.65. The van der Waals surface area contributed by atoms with Gasteiger partial charge in [-0.15, -0.1) is 0 Å². The summed E-state index contributed by atoms with van der Waals surface area (Å²) in [6.45, 7) is 4.85. The molecule has 0 rings (SSSR count). The van der Waals surface area contributed by atoms with Crippen molar-refractivity contribution in [1.29, 1.82) is 0 Å². The van der Waals surface area contributed by atoms with Crippen molar-refractivity contribution >= 4 is 0 Å². The molecule has 0 aliphatic heterocycles. The van der Waals surface area contributed by atoms with E-state index in [-0.39, 0.29) is 6.04 Å². The minimum Gasteiger partial charge on any atom is -0.329 e. The van der Waals surface area contributed by atoms with E-state index in [0.717, 1.165) is 6.42 Å². The van der Waals surface area contributed by atoms with E-state index in [2.05, 4.69) is 13.8 Å². The lowest BCUT2D eigenvalue weighted by Gasteiger charge is -2.14. The summed E-state index contributed by atoms with van der Waals surface area (Å²) in [6, 6.07) is 0.194. The van der Waals surface area contributed by atoms with Crippen LogP contribution in [0.2, 0.25) is 0 Å². The molecule has 2 atom stereocenters. The molecule has 0 amide bonds. The SMILES string of the molecule is CC[C@@H](C)[C@H](N)CN.